The molecule has 0 radical (unpaired) electrons. The lowest BCUT2D eigenvalue weighted by molar-refractivity contribution is -0.138. The van der Waals surface area contributed by atoms with Crippen LogP contribution in [-0.4, -0.2) is 17.0 Å². The third kappa shape index (κ3) is 4.08. The summed E-state index contributed by atoms with van der Waals surface area (Å²) in [4.78, 5) is 21.5. The van der Waals surface area contributed by atoms with Gasteiger partial charge in [0.25, 0.3) is 0 Å². The monoisotopic (exact) mass is 261 g/mol. The maximum atomic E-state index is 11.3. The van der Waals surface area contributed by atoms with Crippen LogP contribution in [0.1, 0.15) is 12.8 Å². The Labute approximate surface area is 102 Å². The predicted octanol–water partition coefficient (Wildman–Crippen LogP) is 2.80. The van der Waals surface area contributed by atoms with E-state index < -0.39 is 11.9 Å². The first-order valence-corrected chi connectivity index (χ1v) is 5.21. The molecule has 0 unspecified atom stereocenters. The van der Waals surface area contributed by atoms with E-state index >= 15 is 0 Å². The number of hydrogen-bond donors (Lipinski definition) is 2. The highest BCUT2D eigenvalue weighted by atomic mass is 35.5. The smallest absolute Gasteiger partial charge is 0.303 e. The van der Waals surface area contributed by atoms with E-state index in [9.17, 15) is 9.59 Å². The van der Waals surface area contributed by atoms with Crippen LogP contribution in [0.2, 0.25) is 10.0 Å². The molecule has 0 spiro atoms. The lowest BCUT2D eigenvalue weighted by Gasteiger charge is -2.06. The van der Waals surface area contributed by atoms with E-state index in [0.717, 1.165) is 0 Å². The van der Waals surface area contributed by atoms with Crippen LogP contribution in [0.3, 0.4) is 0 Å². The Morgan fingerprint density at radius 3 is 2.50 bits per heavy atom. The summed E-state index contributed by atoms with van der Waals surface area (Å²) in [7, 11) is 0. The Morgan fingerprint density at radius 1 is 1.25 bits per heavy atom. The third-order valence-electron chi connectivity index (χ3n) is 1.77. The minimum Gasteiger partial charge on any atom is -0.481 e. The molecule has 2 N–H and O–H groups in total. The highest BCUT2D eigenvalue weighted by molar-refractivity contribution is 6.36. The molecule has 0 aromatic heterocycles. The fraction of sp³-hybridized carbons (Fsp3) is 0.200. The van der Waals surface area contributed by atoms with Crippen LogP contribution >= 0.6 is 23.2 Å². The van der Waals surface area contributed by atoms with Crippen molar-refractivity contribution in [1.82, 2.24) is 0 Å². The number of anilines is 1. The summed E-state index contributed by atoms with van der Waals surface area (Å²) in [5, 5.41) is 11.7. The van der Waals surface area contributed by atoms with Gasteiger partial charge in [-0.15, -0.1) is 0 Å². The summed E-state index contributed by atoms with van der Waals surface area (Å²) >= 11 is 11.5. The average Bonchev–Trinajstić information content (AvgIpc) is 2.19. The van der Waals surface area contributed by atoms with Crippen molar-refractivity contribution in [2.45, 2.75) is 12.8 Å². The van der Waals surface area contributed by atoms with Crippen molar-refractivity contribution in [2.24, 2.45) is 0 Å². The molecular formula is C10H9Cl2NO3. The zero-order valence-electron chi connectivity index (χ0n) is 8.17. The number of hydrogen-bond acceptors (Lipinski definition) is 2. The van der Waals surface area contributed by atoms with Gasteiger partial charge in [0.2, 0.25) is 5.91 Å². The molecule has 1 rings (SSSR count). The summed E-state index contributed by atoms with van der Waals surface area (Å²) in [5.41, 5.74) is 0.418. The Morgan fingerprint density at radius 2 is 1.94 bits per heavy atom. The average molecular weight is 262 g/mol. The molecule has 6 heteroatoms. The van der Waals surface area contributed by atoms with Gasteiger partial charge in [-0.1, -0.05) is 23.2 Å². The Kier molecular flexibility index (Phi) is 4.58. The maximum absolute atomic E-state index is 11.3. The first-order valence-electron chi connectivity index (χ1n) is 4.45. The van der Waals surface area contributed by atoms with Crippen molar-refractivity contribution in [3.63, 3.8) is 0 Å². The molecule has 1 aromatic carbocycles. The van der Waals surface area contributed by atoms with Crippen LogP contribution in [-0.2, 0) is 9.59 Å². The first-order chi connectivity index (χ1) is 7.49. The van der Waals surface area contributed by atoms with E-state index in [1.807, 2.05) is 0 Å². The van der Waals surface area contributed by atoms with Crippen molar-refractivity contribution < 1.29 is 14.7 Å². The quantitative estimate of drug-likeness (QED) is 0.876. The van der Waals surface area contributed by atoms with Crippen LogP contribution in [0, 0.1) is 0 Å². The van der Waals surface area contributed by atoms with E-state index in [1.54, 1.807) is 12.1 Å². The summed E-state index contributed by atoms with van der Waals surface area (Å²) in [6.45, 7) is 0. The number of nitrogens with one attached hydrogen (secondary N) is 1. The van der Waals surface area contributed by atoms with Gasteiger partial charge in [0.15, 0.2) is 0 Å². The lowest BCUT2D eigenvalue weighted by Crippen LogP contribution is -2.13. The van der Waals surface area contributed by atoms with Gasteiger partial charge >= 0.3 is 5.97 Å². The molecule has 0 bridgehead atoms. The number of benzene rings is 1. The molecule has 0 atom stereocenters. The van der Waals surface area contributed by atoms with Gasteiger partial charge in [0.1, 0.15) is 0 Å². The fourth-order valence-electron chi connectivity index (χ4n) is 1.02. The minimum absolute atomic E-state index is 0.0890. The van der Waals surface area contributed by atoms with E-state index in [0.29, 0.717) is 15.7 Å². The third-order valence-corrected chi connectivity index (χ3v) is 2.32. The van der Waals surface area contributed by atoms with E-state index in [4.69, 9.17) is 28.3 Å². The molecule has 4 nitrogen and oxygen atoms in total. The van der Waals surface area contributed by atoms with Gasteiger partial charge in [-0.05, 0) is 18.2 Å². The molecule has 0 aliphatic heterocycles. The van der Waals surface area contributed by atoms with Gasteiger partial charge in [0.05, 0.1) is 17.1 Å². The van der Waals surface area contributed by atoms with Crippen LogP contribution in [0.25, 0.3) is 0 Å². The number of carbonyl (C=O) groups excluding carboxylic acids is 1. The highest BCUT2D eigenvalue weighted by Crippen LogP contribution is 2.25. The normalized spacial score (nSPS) is 9.88. The van der Waals surface area contributed by atoms with Crippen LogP contribution in [0.4, 0.5) is 5.69 Å². The fourth-order valence-corrected chi connectivity index (χ4v) is 1.48. The second-order valence-electron chi connectivity index (χ2n) is 3.07. The maximum Gasteiger partial charge on any atom is 0.303 e. The molecule has 0 fully saturated rings. The second-order valence-corrected chi connectivity index (χ2v) is 3.91. The van der Waals surface area contributed by atoms with Gasteiger partial charge in [-0.25, -0.2) is 0 Å². The van der Waals surface area contributed by atoms with Gasteiger partial charge in [-0.2, -0.15) is 0 Å². The van der Waals surface area contributed by atoms with Crippen molar-refractivity contribution >= 4 is 40.8 Å². The SMILES string of the molecule is O=C(O)CCC(=O)Nc1ccc(Cl)cc1Cl. The number of carboxylic acid groups (broad SMARTS) is 1. The lowest BCUT2D eigenvalue weighted by atomic mass is 10.2. The minimum atomic E-state index is -1.02. The molecule has 0 saturated carbocycles. The highest BCUT2D eigenvalue weighted by Gasteiger charge is 2.08. The molecule has 16 heavy (non-hydrogen) atoms. The zero-order chi connectivity index (χ0) is 12.1. The molecule has 1 amide bonds. The molecule has 0 saturated heterocycles. The standard InChI is InChI=1S/C10H9Cl2NO3/c11-6-1-2-8(7(12)5-6)13-9(14)3-4-10(15)16/h1-2,5H,3-4H2,(H,13,14)(H,15,16). The van der Waals surface area contributed by atoms with E-state index in [-0.39, 0.29) is 12.8 Å². The topological polar surface area (TPSA) is 66.4 Å². The molecule has 1 aromatic rings. The zero-order valence-corrected chi connectivity index (χ0v) is 9.68. The largest absolute Gasteiger partial charge is 0.481 e. The second kappa shape index (κ2) is 5.72. The Hall–Kier alpha value is -1.26. The summed E-state index contributed by atoms with van der Waals surface area (Å²) in [6, 6.07) is 4.64. The van der Waals surface area contributed by atoms with Gasteiger partial charge in [0, 0.05) is 11.4 Å². The number of halogens is 2. The summed E-state index contributed by atoms with van der Waals surface area (Å²) < 4.78 is 0. The number of rotatable bonds is 4. The van der Waals surface area contributed by atoms with Crippen molar-refractivity contribution in [3.05, 3.63) is 28.2 Å². The summed E-state index contributed by atoms with van der Waals surface area (Å²) in [5.74, 6) is -1.41. The number of carbonyl (C=O) groups is 2. The number of aliphatic carboxylic acids is 1. The molecule has 0 aliphatic carbocycles. The molecule has 0 aliphatic rings. The number of amides is 1. The van der Waals surface area contributed by atoms with Crippen LogP contribution in [0.5, 0.6) is 0 Å². The first kappa shape index (κ1) is 12.8. The predicted molar refractivity (Wildman–Crippen MR) is 62.0 cm³/mol. The van der Waals surface area contributed by atoms with Gasteiger partial charge < -0.3 is 10.4 Å². The molecule has 0 heterocycles. The Bertz CT molecular complexity index is 421. The Balaban J connectivity index is 2.59. The van der Waals surface area contributed by atoms with E-state index in [1.165, 1.54) is 6.07 Å². The van der Waals surface area contributed by atoms with Crippen LogP contribution in [0.15, 0.2) is 18.2 Å². The van der Waals surface area contributed by atoms with Crippen molar-refractivity contribution in [3.8, 4) is 0 Å². The molecular weight excluding hydrogens is 253 g/mol. The molecule has 86 valence electrons. The van der Waals surface area contributed by atoms with Crippen LogP contribution < -0.4 is 5.32 Å². The summed E-state index contributed by atoms with van der Waals surface area (Å²) in [6.07, 6.45) is -0.300. The number of carboxylic acids is 1. The van der Waals surface area contributed by atoms with Gasteiger partial charge in [-0.3, -0.25) is 9.59 Å². The van der Waals surface area contributed by atoms with Crippen molar-refractivity contribution in [2.75, 3.05) is 5.32 Å². The van der Waals surface area contributed by atoms with E-state index in [2.05, 4.69) is 5.32 Å². The van der Waals surface area contributed by atoms with Crippen molar-refractivity contribution in [1.29, 1.82) is 0 Å².